The number of phosphoric ester groups is 1. The zero-order valence-electron chi connectivity index (χ0n) is 35.3. The Balaban J connectivity index is 4.67. The number of phosphoric acid groups is 1. The van der Waals surface area contributed by atoms with Crippen molar-refractivity contribution in [3.63, 3.8) is 0 Å². The largest absolute Gasteiger partial charge is 0.756 e. The highest BCUT2D eigenvalue weighted by Gasteiger charge is 2.23. The van der Waals surface area contributed by atoms with E-state index in [-0.39, 0.29) is 18.9 Å². The van der Waals surface area contributed by atoms with Gasteiger partial charge in [0.1, 0.15) is 13.2 Å². The SMILES string of the molecule is CC/C=C\C/C=C\C/C=C\C/C=C\C/C=C\C/C=C\CCC(=O)NC(COP(=O)([O-])OCC[N+](C)(C)C)C(O)/C=C/CC/C=C/CCCCCCCCCC. The molecule has 3 unspecified atom stereocenters. The summed E-state index contributed by atoms with van der Waals surface area (Å²) in [6.07, 6.45) is 51.8. The van der Waals surface area contributed by atoms with Crippen LogP contribution in [0.4, 0.5) is 0 Å². The van der Waals surface area contributed by atoms with Crippen molar-refractivity contribution < 1.29 is 32.9 Å². The average Bonchev–Trinajstić information content (AvgIpc) is 3.13. The molecule has 0 saturated heterocycles. The van der Waals surface area contributed by atoms with Gasteiger partial charge in [-0.1, -0.05) is 156 Å². The molecule has 0 heterocycles. The van der Waals surface area contributed by atoms with Crippen LogP contribution in [-0.4, -0.2) is 68.5 Å². The zero-order chi connectivity index (χ0) is 40.7. The lowest BCUT2D eigenvalue weighted by Crippen LogP contribution is -2.45. The van der Waals surface area contributed by atoms with Crippen molar-refractivity contribution in [3.05, 3.63) is 97.2 Å². The van der Waals surface area contributed by atoms with Gasteiger partial charge in [0.2, 0.25) is 5.91 Å². The average molecular weight is 787 g/mol. The van der Waals surface area contributed by atoms with Crippen LogP contribution in [0.5, 0.6) is 0 Å². The highest BCUT2D eigenvalue weighted by Crippen LogP contribution is 2.38. The van der Waals surface area contributed by atoms with Gasteiger partial charge < -0.3 is 28.8 Å². The molecule has 0 aromatic carbocycles. The van der Waals surface area contributed by atoms with Gasteiger partial charge >= 0.3 is 0 Å². The van der Waals surface area contributed by atoms with Crippen molar-refractivity contribution >= 4 is 13.7 Å². The van der Waals surface area contributed by atoms with Crippen LogP contribution in [-0.2, 0) is 18.4 Å². The zero-order valence-corrected chi connectivity index (χ0v) is 36.2. The molecule has 0 radical (unpaired) electrons. The van der Waals surface area contributed by atoms with Crippen molar-refractivity contribution in [1.82, 2.24) is 5.32 Å². The number of rotatable bonds is 36. The molecule has 0 aliphatic rings. The molecule has 9 heteroatoms. The Hall–Kier alpha value is -2.58. The molecule has 3 atom stereocenters. The lowest BCUT2D eigenvalue weighted by molar-refractivity contribution is -0.870. The molecule has 0 aromatic rings. The minimum atomic E-state index is -4.62. The molecule has 0 saturated carbocycles. The van der Waals surface area contributed by atoms with E-state index in [4.69, 9.17) is 9.05 Å². The predicted molar refractivity (Wildman–Crippen MR) is 233 cm³/mol. The number of quaternary nitrogens is 1. The van der Waals surface area contributed by atoms with E-state index in [9.17, 15) is 19.4 Å². The Kier molecular flexibility index (Phi) is 35.3. The van der Waals surface area contributed by atoms with Gasteiger partial charge in [0.05, 0.1) is 39.9 Å². The van der Waals surface area contributed by atoms with Crippen molar-refractivity contribution in [2.75, 3.05) is 40.9 Å². The summed E-state index contributed by atoms with van der Waals surface area (Å²) in [6.45, 7) is 4.41. The molecule has 0 bridgehead atoms. The number of hydrogen-bond donors (Lipinski definition) is 2. The lowest BCUT2D eigenvalue weighted by atomic mass is 10.1. The van der Waals surface area contributed by atoms with E-state index in [1.54, 1.807) is 6.08 Å². The van der Waals surface area contributed by atoms with E-state index in [0.29, 0.717) is 17.4 Å². The van der Waals surface area contributed by atoms with Crippen molar-refractivity contribution in [2.45, 2.75) is 148 Å². The standard InChI is InChI=1S/C46H79N2O6P/c1-6-8-10-12-14-16-18-20-22-23-24-25-26-28-30-32-34-36-38-40-46(50)47-44(43-54-55(51,52)53-42-41-48(3,4)5)45(49)39-37-35-33-31-29-27-21-19-17-15-13-11-9-7-2/h8,10,14,16,20,22,24-25,28-31,34,36-37,39,44-45,49H,6-7,9,11-13,15,17-19,21,23,26-27,32-33,35,38,40-43H2,1-5H3,(H-,47,50,51,52)/b10-8-,16-14-,22-20-,25-24-,30-28-,31-29+,36-34-,39-37+. The number of nitrogens with zero attached hydrogens (tertiary/aromatic N) is 1. The molecule has 0 aliphatic carbocycles. The van der Waals surface area contributed by atoms with Crippen LogP contribution < -0.4 is 10.2 Å². The third-order valence-electron chi connectivity index (χ3n) is 8.54. The number of nitrogens with one attached hydrogen (secondary N) is 1. The molecule has 8 nitrogen and oxygen atoms in total. The maximum atomic E-state index is 12.8. The summed E-state index contributed by atoms with van der Waals surface area (Å²) in [7, 11) is 1.18. The van der Waals surface area contributed by atoms with Crippen molar-refractivity contribution in [2.24, 2.45) is 0 Å². The fourth-order valence-electron chi connectivity index (χ4n) is 5.19. The van der Waals surface area contributed by atoms with Crippen LogP contribution >= 0.6 is 7.82 Å². The number of allylic oxidation sites excluding steroid dienone is 15. The third kappa shape index (κ3) is 39.5. The minimum absolute atomic E-state index is 0.0255. The van der Waals surface area contributed by atoms with Crippen LogP contribution in [0.3, 0.4) is 0 Å². The normalized spacial score (nSPS) is 15.4. The molecule has 0 aromatic heterocycles. The van der Waals surface area contributed by atoms with Gasteiger partial charge in [0, 0.05) is 6.42 Å². The van der Waals surface area contributed by atoms with E-state index in [1.807, 2.05) is 39.4 Å². The predicted octanol–water partition coefficient (Wildman–Crippen LogP) is 10.9. The lowest BCUT2D eigenvalue weighted by Gasteiger charge is -2.29. The van der Waals surface area contributed by atoms with E-state index in [1.165, 1.54) is 51.4 Å². The Bertz CT molecular complexity index is 1210. The summed E-state index contributed by atoms with van der Waals surface area (Å²) < 4.78 is 23.1. The van der Waals surface area contributed by atoms with E-state index in [2.05, 4.69) is 92.1 Å². The number of amides is 1. The highest BCUT2D eigenvalue weighted by atomic mass is 31.2. The maximum absolute atomic E-state index is 12.8. The van der Waals surface area contributed by atoms with Crippen LogP contribution in [0.2, 0.25) is 0 Å². The molecule has 0 rings (SSSR count). The van der Waals surface area contributed by atoms with Crippen LogP contribution in [0.15, 0.2) is 97.2 Å². The Labute approximate surface area is 337 Å². The molecule has 1 amide bonds. The summed E-state index contributed by atoms with van der Waals surface area (Å²) in [5, 5.41) is 13.7. The fourth-order valence-corrected chi connectivity index (χ4v) is 5.91. The highest BCUT2D eigenvalue weighted by molar-refractivity contribution is 7.45. The quantitative estimate of drug-likeness (QED) is 0.0283. The fraction of sp³-hybridized carbons (Fsp3) is 0.630. The van der Waals surface area contributed by atoms with Gasteiger partial charge in [-0.05, 0) is 70.6 Å². The number of likely N-dealkylation sites (N-methyl/N-ethyl adjacent to an activating group) is 1. The number of hydrogen-bond acceptors (Lipinski definition) is 6. The first-order valence-electron chi connectivity index (χ1n) is 21.1. The first kappa shape index (κ1) is 52.4. The summed E-state index contributed by atoms with van der Waals surface area (Å²) in [5.41, 5.74) is 0. The van der Waals surface area contributed by atoms with Crippen molar-refractivity contribution in [3.8, 4) is 0 Å². The Morgan fingerprint density at radius 2 is 1.13 bits per heavy atom. The maximum Gasteiger partial charge on any atom is 0.268 e. The topological polar surface area (TPSA) is 108 Å². The number of aliphatic hydroxyl groups is 1. The number of carbonyl (C=O) groups excluding carboxylic acids is 1. The molecular formula is C46H79N2O6P. The molecule has 2 N–H and O–H groups in total. The van der Waals surface area contributed by atoms with E-state index < -0.39 is 26.6 Å². The Morgan fingerprint density at radius 1 is 0.655 bits per heavy atom. The van der Waals surface area contributed by atoms with Gasteiger partial charge in [-0.25, -0.2) is 0 Å². The second-order valence-electron chi connectivity index (χ2n) is 14.9. The second-order valence-corrected chi connectivity index (χ2v) is 16.4. The number of unbranched alkanes of at least 4 members (excludes halogenated alkanes) is 9. The smallest absolute Gasteiger partial charge is 0.268 e. The van der Waals surface area contributed by atoms with Crippen LogP contribution in [0.25, 0.3) is 0 Å². The molecule has 0 spiro atoms. The molecule has 55 heavy (non-hydrogen) atoms. The summed E-state index contributed by atoms with van der Waals surface area (Å²) >= 11 is 0. The minimum Gasteiger partial charge on any atom is -0.756 e. The number of aliphatic hydroxyl groups excluding tert-OH is 1. The summed E-state index contributed by atoms with van der Waals surface area (Å²) in [4.78, 5) is 25.2. The first-order valence-corrected chi connectivity index (χ1v) is 22.6. The third-order valence-corrected chi connectivity index (χ3v) is 9.51. The summed E-state index contributed by atoms with van der Waals surface area (Å²) in [5.74, 6) is -0.295. The van der Waals surface area contributed by atoms with Gasteiger partial charge in [0.25, 0.3) is 7.82 Å². The second kappa shape index (κ2) is 37.0. The van der Waals surface area contributed by atoms with Gasteiger partial charge in [0.15, 0.2) is 0 Å². The van der Waals surface area contributed by atoms with Crippen LogP contribution in [0, 0.1) is 0 Å². The molecule has 0 aliphatic heterocycles. The molecule has 0 fully saturated rings. The van der Waals surface area contributed by atoms with Gasteiger partial charge in [-0.15, -0.1) is 0 Å². The summed E-state index contributed by atoms with van der Waals surface area (Å²) in [6, 6.07) is -0.948. The van der Waals surface area contributed by atoms with Gasteiger partial charge in [-0.2, -0.15) is 0 Å². The molecule has 314 valence electrons. The van der Waals surface area contributed by atoms with Crippen molar-refractivity contribution in [1.29, 1.82) is 0 Å². The monoisotopic (exact) mass is 787 g/mol. The van der Waals surface area contributed by atoms with Crippen LogP contribution in [0.1, 0.15) is 136 Å². The Morgan fingerprint density at radius 3 is 1.67 bits per heavy atom. The van der Waals surface area contributed by atoms with E-state index in [0.717, 1.165) is 57.8 Å². The first-order chi connectivity index (χ1) is 26.5. The number of carbonyl (C=O) groups is 1. The van der Waals surface area contributed by atoms with Gasteiger partial charge in [-0.3, -0.25) is 9.36 Å². The van der Waals surface area contributed by atoms with E-state index >= 15 is 0 Å². The molecular weight excluding hydrogens is 707 g/mol.